The van der Waals surface area contributed by atoms with E-state index in [1.54, 1.807) is 0 Å². The minimum Gasteiger partial charge on any atom is -0.0916 e. The highest BCUT2D eigenvalue weighted by atomic mass is 79.9. The number of rotatable bonds is 3. The van der Waals surface area contributed by atoms with Crippen LogP contribution in [0.4, 0.5) is 0 Å². The van der Waals surface area contributed by atoms with Gasteiger partial charge in [0.25, 0.3) is 0 Å². The van der Waals surface area contributed by atoms with Crippen molar-refractivity contribution in [2.75, 3.05) is 0 Å². The van der Waals surface area contributed by atoms with E-state index in [0.29, 0.717) is 5.92 Å². The van der Waals surface area contributed by atoms with Crippen LogP contribution in [-0.2, 0) is 0 Å². The van der Waals surface area contributed by atoms with Crippen LogP contribution in [-0.4, -0.2) is 0 Å². The van der Waals surface area contributed by atoms with Crippen molar-refractivity contribution in [2.45, 2.75) is 33.1 Å². The summed E-state index contributed by atoms with van der Waals surface area (Å²) in [4.78, 5) is 0. The Morgan fingerprint density at radius 1 is 1.43 bits per heavy atom. The maximum absolute atomic E-state index is 3.56. The van der Waals surface area contributed by atoms with Crippen molar-refractivity contribution in [1.82, 2.24) is 0 Å². The van der Waals surface area contributed by atoms with Gasteiger partial charge in [-0.25, -0.2) is 0 Å². The molecule has 0 radical (unpaired) electrons. The van der Waals surface area contributed by atoms with Crippen LogP contribution in [0.1, 0.15) is 37.3 Å². The first kappa shape index (κ1) is 11.5. The summed E-state index contributed by atoms with van der Waals surface area (Å²) in [6.07, 6.45) is 5.46. The fourth-order valence-electron chi connectivity index (χ4n) is 1.63. The van der Waals surface area contributed by atoms with Gasteiger partial charge in [-0.1, -0.05) is 47.1 Å². The van der Waals surface area contributed by atoms with Gasteiger partial charge in [-0.3, -0.25) is 0 Å². The minimum atomic E-state index is 0.601. The Labute approximate surface area is 95.2 Å². The molecule has 0 bridgehead atoms. The minimum absolute atomic E-state index is 0.601. The van der Waals surface area contributed by atoms with E-state index in [4.69, 9.17) is 0 Å². The molecule has 0 saturated carbocycles. The molecule has 0 saturated heterocycles. The second kappa shape index (κ2) is 5.35. The van der Waals surface area contributed by atoms with Gasteiger partial charge in [0.2, 0.25) is 0 Å². The first-order chi connectivity index (χ1) is 6.66. The zero-order valence-electron chi connectivity index (χ0n) is 9.05. The van der Waals surface area contributed by atoms with Crippen molar-refractivity contribution in [2.24, 2.45) is 0 Å². The Bertz CT molecular complexity index is 326. The van der Waals surface area contributed by atoms with E-state index in [1.165, 1.54) is 15.6 Å². The molecule has 76 valence electrons. The second-order valence-electron chi connectivity index (χ2n) is 3.66. The summed E-state index contributed by atoms with van der Waals surface area (Å²) in [5, 5.41) is 0. The van der Waals surface area contributed by atoms with E-state index in [1.807, 2.05) is 0 Å². The van der Waals surface area contributed by atoms with Crippen LogP contribution in [0.3, 0.4) is 0 Å². The standard InChI is InChI=1S/C13H17Br/c1-4-5-7-10(2)12-8-6-9-13(14)11(12)3/h4-6,8-10H,7H2,1-3H3/b5-4-. The summed E-state index contributed by atoms with van der Waals surface area (Å²) in [5.41, 5.74) is 2.81. The van der Waals surface area contributed by atoms with Crippen LogP contribution < -0.4 is 0 Å². The third kappa shape index (κ3) is 2.71. The van der Waals surface area contributed by atoms with Crippen LogP contribution in [0.15, 0.2) is 34.8 Å². The van der Waals surface area contributed by atoms with Crippen LogP contribution in [0.25, 0.3) is 0 Å². The molecule has 0 spiro atoms. The lowest BCUT2D eigenvalue weighted by Gasteiger charge is -2.13. The predicted octanol–water partition coefficient (Wildman–Crippen LogP) is 4.83. The van der Waals surface area contributed by atoms with Crippen LogP contribution in [0.5, 0.6) is 0 Å². The van der Waals surface area contributed by atoms with Gasteiger partial charge in [0.05, 0.1) is 0 Å². The molecule has 0 aliphatic heterocycles. The SMILES string of the molecule is C/C=C\CC(C)c1cccc(Br)c1C. The van der Waals surface area contributed by atoms with Crippen LogP contribution in [0.2, 0.25) is 0 Å². The molecule has 1 atom stereocenters. The van der Waals surface area contributed by atoms with Crippen LogP contribution in [0, 0.1) is 6.92 Å². The van der Waals surface area contributed by atoms with Crippen molar-refractivity contribution in [1.29, 1.82) is 0 Å². The van der Waals surface area contributed by atoms with Crippen molar-refractivity contribution in [3.05, 3.63) is 46.0 Å². The summed E-state index contributed by atoms with van der Waals surface area (Å²) in [7, 11) is 0. The fourth-order valence-corrected chi connectivity index (χ4v) is 2.01. The molecule has 0 aliphatic carbocycles. The summed E-state index contributed by atoms with van der Waals surface area (Å²) >= 11 is 3.56. The lowest BCUT2D eigenvalue weighted by molar-refractivity contribution is 0.772. The summed E-state index contributed by atoms with van der Waals surface area (Å²) in [6, 6.07) is 6.42. The van der Waals surface area contributed by atoms with Gasteiger partial charge in [0.1, 0.15) is 0 Å². The maximum atomic E-state index is 3.56. The number of hydrogen-bond donors (Lipinski definition) is 0. The zero-order valence-corrected chi connectivity index (χ0v) is 10.6. The first-order valence-corrected chi connectivity index (χ1v) is 5.82. The summed E-state index contributed by atoms with van der Waals surface area (Å²) in [5.74, 6) is 0.601. The topological polar surface area (TPSA) is 0 Å². The van der Waals surface area contributed by atoms with Gasteiger partial charge >= 0.3 is 0 Å². The third-order valence-electron chi connectivity index (χ3n) is 2.57. The molecular weight excluding hydrogens is 236 g/mol. The van der Waals surface area contributed by atoms with Crippen LogP contribution >= 0.6 is 15.9 Å². The largest absolute Gasteiger partial charge is 0.0916 e. The first-order valence-electron chi connectivity index (χ1n) is 5.03. The van der Waals surface area contributed by atoms with Crippen molar-refractivity contribution >= 4 is 15.9 Å². The Kier molecular flexibility index (Phi) is 4.40. The molecule has 0 aromatic heterocycles. The summed E-state index contributed by atoms with van der Waals surface area (Å²) in [6.45, 7) is 6.51. The molecule has 1 rings (SSSR count). The highest BCUT2D eigenvalue weighted by molar-refractivity contribution is 9.10. The number of halogens is 1. The van der Waals surface area contributed by atoms with Crippen molar-refractivity contribution in [3.63, 3.8) is 0 Å². The van der Waals surface area contributed by atoms with E-state index in [2.05, 4.69) is 67.1 Å². The quantitative estimate of drug-likeness (QED) is 0.677. The van der Waals surface area contributed by atoms with E-state index in [-0.39, 0.29) is 0 Å². The Morgan fingerprint density at radius 3 is 2.79 bits per heavy atom. The molecule has 14 heavy (non-hydrogen) atoms. The smallest absolute Gasteiger partial charge is 0.0207 e. The van der Waals surface area contributed by atoms with E-state index < -0.39 is 0 Å². The van der Waals surface area contributed by atoms with E-state index in [9.17, 15) is 0 Å². The van der Waals surface area contributed by atoms with Crippen molar-refractivity contribution in [3.8, 4) is 0 Å². The maximum Gasteiger partial charge on any atom is 0.0207 e. The van der Waals surface area contributed by atoms with E-state index >= 15 is 0 Å². The Hall–Kier alpha value is -0.560. The van der Waals surface area contributed by atoms with Gasteiger partial charge in [-0.15, -0.1) is 0 Å². The lowest BCUT2D eigenvalue weighted by Crippen LogP contribution is -1.95. The van der Waals surface area contributed by atoms with Gasteiger partial charge in [0.15, 0.2) is 0 Å². The normalized spacial score (nSPS) is 13.4. The second-order valence-corrected chi connectivity index (χ2v) is 4.51. The molecule has 1 unspecified atom stereocenters. The molecule has 0 fully saturated rings. The van der Waals surface area contributed by atoms with Gasteiger partial charge in [-0.05, 0) is 43.4 Å². The molecule has 0 N–H and O–H groups in total. The molecule has 0 aliphatic rings. The third-order valence-corrected chi connectivity index (χ3v) is 3.42. The molecular formula is C13H17Br. The van der Waals surface area contributed by atoms with Crippen molar-refractivity contribution < 1.29 is 0 Å². The van der Waals surface area contributed by atoms with Gasteiger partial charge in [-0.2, -0.15) is 0 Å². The number of allylic oxidation sites excluding steroid dienone is 2. The van der Waals surface area contributed by atoms with Gasteiger partial charge in [0, 0.05) is 4.47 Å². The molecule has 1 aromatic carbocycles. The highest BCUT2D eigenvalue weighted by Crippen LogP contribution is 2.27. The number of hydrogen-bond acceptors (Lipinski definition) is 0. The fraction of sp³-hybridized carbons (Fsp3) is 0.385. The van der Waals surface area contributed by atoms with Gasteiger partial charge < -0.3 is 0 Å². The average Bonchev–Trinajstić information content (AvgIpc) is 2.18. The Balaban J connectivity index is 2.89. The highest BCUT2D eigenvalue weighted by Gasteiger charge is 2.08. The molecule has 0 heterocycles. The zero-order chi connectivity index (χ0) is 10.6. The predicted molar refractivity (Wildman–Crippen MR) is 66.7 cm³/mol. The Morgan fingerprint density at radius 2 is 2.14 bits per heavy atom. The van der Waals surface area contributed by atoms with E-state index in [0.717, 1.165) is 6.42 Å². The summed E-state index contributed by atoms with van der Waals surface area (Å²) < 4.78 is 1.21. The molecule has 0 amide bonds. The lowest BCUT2D eigenvalue weighted by atomic mass is 9.94. The average molecular weight is 253 g/mol. The molecule has 1 aromatic rings. The monoisotopic (exact) mass is 252 g/mol. The number of benzene rings is 1. The molecule has 1 heteroatoms. The molecule has 0 nitrogen and oxygen atoms in total.